The summed E-state index contributed by atoms with van der Waals surface area (Å²) in [6, 6.07) is -1.08. The van der Waals surface area contributed by atoms with E-state index in [9.17, 15) is 9.59 Å². The van der Waals surface area contributed by atoms with E-state index in [1.165, 1.54) is 0 Å². The lowest BCUT2D eigenvalue weighted by Crippen LogP contribution is -2.49. The molecule has 0 aliphatic heterocycles. The van der Waals surface area contributed by atoms with Crippen LogP contribution in [0.3, 0.4) is 0 Å². The number of aliphatic carboxylic acids is 1. The molecule has 1 aliphatic carbocycles. The van der Waals surface area contributed by atoms with E-state index in [0.29, 0.717) is 6.54 Å². The highest BCUT2D eigenvalue weighted by Crippen LogP contribution is 2.26. The molecule has 0 bridgehead atoms. The van der Waals surface area contributed by atoms with Crippen molar-refractivity contribution in [2.45, 2.75) is 44.7 Å². The van der Waals surface area contributed by atoms with E-state index in [0.717, 1.165) is 19.3 Å². The number of carboxylic acids is 1. The van der Waals surface area contributed by atoms with Crippen molar-refractivity contribution in [3.8, 4) is 0 Å². The molecular weight excluding hydrogens is 224 g/mol. The Labute approximate surface area is 101 Å². The van der Waals surface area contributed by atoms with E-state index in [1.807, 2.05) is 6.92 Å². The van der Waals surface area contributed by atoms with E-state index in [4.69, 9.17) is 10.2 Å². The Hall–Kier alpha value is -1.30. The van der Waals surface area contributed by atoms with Gasteiger partial charge in [0.1, 0.15) is 6.04 Å². The van der Waals surface area contributed by atoms with Crippen LogP contribution >= 0.6 is 0 Å². The largest absolute Gasteiger partial charge is 0.480 e. The van der Waals surface area contributed by atoms with Gasteiger partial charge in [0.2, 0.25) is 0 Å². The molecule has 0 heterocycles. The molecule has 0 unspecified atom stereocenters. The molecule has 3 N–H and O–H groups in total. The minimum atomic E-state index is -1.11. The van der Waals surface area contributed by atoms with Gasteiger partial charge in [-0.25, -0.2) is 9.59 Å². The fraction of sp³-hybridized carbons (Fsp3) is 0.818. The number of aliphatic hydroxyl groups excluding tert-OH is 1. The maximum Gasteiger partial charge on any atom is 0.326 e. The van der Waals surface area contributed by atoms with Crippen LogP contribution in [0.2, 0.25) is 0 Å². The number of carboxylic acid groups (broad SMARTS) is 1. The average molecular weight is 244 g/mol. The number of carbonyl (C=O) groups excluding carboxylic acids is 1. The van der Waals surface area contributed by atoms with Crippen LogP contribution in [0, 0.1) is 0 Å². The molecule has 1 fully saturated rings. The van der Waals surface area contributed by atoms with Gasteiger partial charge in [-0.3, -0.25) is 0 Å². The molecular formula is C11H20N2O4. The summed E-state index contributed by atoms with van der Waals surface area (Å²) in [6.45, 7) is 2.36. The number of nitrogens with zero attached hydrogens (tertiary/aromatic N) is 1. The van der Waals surface area contributed by atoms with Gasteiger partial charge in [-0.1, -0.05) is 6.92 Å². The molecule has 2 amide bonds. The lowest BCUT2D eigenvalue weighted by molar-refractivity contribution is -0.139. The number of rotatable bonds is 7. The van der Waals surface area contributed by atoms with Gasteiger partial charge in [-0.2, -0.15) is 0 Å². The predicted molar refractivity (Wildman–Crippen MR) is 61.7 cm³/mol. The summed E-state index contributed by atoms with van der Waals surface area (Å²) in [6.07, 6.45) is 2.86. The third-order valence-electron chi connectivity index (χ3n) is 2.73. The van der Waals surface area contributed by atoms with Crippen molar-refractivity contribution in [2.24, 2.45) is 0 Å². The zero-order chi connectivity index (χ0) is 12.8. The van der Waals surface area contributed by atoms with Gasteiger partial charge >= 0.3 is 12.0 Å². The third kappa shape index (κ3) is 4.22. The first-order valence-electron chi connectivity index (χ1n) is 6.01. The van der Waals surface area contributed by atoms with Gasteiger partial charge < -0.3 is 20.4 Å². The minimum absolute atomic E-state index is 0.0334. The standard InChI is InChI=1S/C11H20N2O4/c1-2-6-13(8-3-4-8)11(17)12-9(5-7-14)10(15)16/h8-9,14H,2-7H2,1H3,(H,12,17)(H,15,16)/t9-/m1/s1. The zero-order valence-corrected chi connectivity index (χ0v) is 10.1. The SMILES string of the molecule is CCCN(C(=O)N[C@H](CCO)C(=O)O)C1CC1. The monoisotopic (exact) mass is 244 g/mol. The summed E-state index contributed by atoms with van der Waals surface area (Å²) in [4.78, 5) is 24.4. The smallest absolute Gasteiger partial charge is 0.326 e. The van der Waals surface area contributed by atoms with Crippen LogP contribution in [-0.2, 0) is 4.79 Å². The lowest BCUT2D eigenvalue weighted by Gasteiger charge is -2.24. The maximum absolute atomic E-state index is 11.9. The molecule has 1 aliphatic rings. The Morgan fingerprint density at radius 2 is 2.12 bits per heavy atom. The number of urea groups is 1. The van der Waals surface area contributed by atoms with Crippen LogP contribution in [0.15, 0.2) is 0 Å². The van der Waals surface area contributed by atoms with Crippen LogP contribution in [0.5, 0.6) is 0 Å². The Balaban J connectivity index is 2.51. The first-order valence-corrected chi connectivity index (χ1v) is 6.01. The van der Waals surface area contributed by atoms with Gasteiger partial charge in [0.15, 0.2) is 0 Å². The number of hydrogen-bond donors (Lipinski definition) is 3. The molecule has 0 aromatic heterocycles. The molecule has 1 atom stereocenters. The van der Waals surface area contributed by atoms with E-state index in [2.05, 4.69) is 5.32 Å². The first kappa shape index (κ1) is 13.8. The Morgan fingerprint density at radius 1 is 1.47 bits per heavy atom. The van der Waals surface area contributed by atoms with Crippen LogP contribution in [0.4, 0.5) is 4.79 Å². The Kier molecular flexibility index (Phi) is 5.21. The fourth-order valence-corrected chi connectivity index (χ4v) is 1.70. The molecule has 17 heavy (non-hydrogen) atoms. The molecule has 0 aromatic carbocycles. The second-order valence-corrected chi connectivity index (χ2v) is 4.28. The highest BCUT2D eigenvalue weighted by molar-refractivity contribution is 5.82. The van der Waals surface area contributed by atoms with Crippen molar-refractivity contribution >= 4 is 12.0 Å². The van der Waals surface area contributed by atoms with Crippen molar-refractivity contribution in [3.05, 3.63) is 0 Å². The predicted octanol–water partition coefficient (Wildman–Crippen LogP) is 0.406. The summed E-state index contributed by atoms with van der Waals surface area (Å²) in [5.74, 6) is -1.11. The lowest BCUT2D eigenvalue weighted by atomic mass is 10.2. The molecule has 6 nitrogen and oxygen atoms in total. The number of nitrogens with one attached hydrogen (secondary N) is 1. The molecule has 0 aromatic rings. The molecule has 1 saturated carbocycles. The number of aliphatic hydroxyl groups is 1. The van der Waals surface area contributed by atoms with Crippen molar-refractivity contribution in [1.29, 1.82) is 0 Å². The van der Waals surface area contributed by atoms with Crippen LogP contribution in [0.25, 0.3) is 0 Å². The topological polar surface area (TPSA) is 89.9 Å². The Morgan fingerprint density at radius 3 is 2.53 bits per heavy atom. The van der Waals surface area contributed by atoms with Crippen molar-refractivity contribution < 1.29 is 19.8 Å². The molecule has 98 valence electrons. The van der Waals surface area contributed by atoms with Gasteiger partial charge in [0, 0.05) is 25.6 Å². The molecule has 0 saturated heterocycles. The summed E-state index contributed by atoms with van der Waals surface area (Å²) in [5.41, 5.74) is 0. The van der Waals surface area contributed by atoms with Crippen molar-refractivity contribution in [2.75, 3.05) is 13.2 Å². The number of hydrogen-bond acceptors (Lipinski definition) is 3. The minimum Gasteiger partial charge on any atom is -0.480 e. The second-order valence-electron chi connectivity index (χ2n) is 4.28. The number of carbonyl (C=O) groups is 2. The molecule has 6 heteroatoms. The highest BCUT2D eigenvalue weighted by atomic mass is 16.4. The zero-order valence-electron chi connectivity index (χ0n) is 10.1. The van der Waals surface area contributed by atoms with E-state index < -0.39 is 12.0 Å². The van der Waals surface area contributed by atoms with E-state index in [1.54, 1.807) is 4.90 Å². The van der Waals surface area contributed by atoms with Crippen LogP contribution in [-0.4, -0.2) is 52.3 Å². The van der Waals surface area contributed by atoms with E-state index in [-0.39, 0.29) is 25.1 Å². The van der Waals surface area contributed by atoms with Gasteiger partial charge in [0.25, 0.3) is 0 Å². The maximum atomic E-state index is 11.9. The first-order chi connectivity index (χ1) is 8.10. The summed E-state index contributed by atoms with van der Waals surface area (Å²) < 4.78 is 0. The average Bonchev–Trinajstić information content (AvgIpc) is 3.08. The normalized spacial score (nSPS) is 16.4. The van der Waals surface area contributed by atoms with Gasteiger partial charge in [0.05, 0.1) is 0 Å². The molecule has 0 spiro atoms. The van der Waals surface area contributed by atoms with Gasteiger partial charge in [-0.15, -0.1) is 0 Å². The quantitative estimate of drug-likeness (QED) is 0.605. The highest BCUT2D eigenvalue weighted by Gasteiger charge is 2.33. The molecule has 1 rings (SSSR count). The van der Waals surface area contributed by atoms with Gasteiger partial charge in [-0.05, 0) is 19.3 Å². The molecule has 0 radical (unpaired) electrons. The summed E-state index contributed by atoms with van der Waals surface area (Å²) in [7, 11) is 0. The number of amides is 2. The summed E-state index contributed by atoms with van der Waals surface area (Å²) >= 11 is 0. The van der Waals surface area contributed by atoms with Crippen LogP contribution < -0.4 is 5.32 Å². The van der Waals surface area contributed by atoms with E-state index >= 15 is 0 Å². The second kappa shape index (κ2) is 6.44. The van der Waals surface area contributed by atoms with Crippen LogP contribution in [0.1, 0.15) is 32.6 Å². The fourth-order valence-electron chi connectivity index (χ4n) is 1.70. The Bertz CT molecular complexity index is 279. The summed E-state index contributed by atoms with van der Waals surface area (Å²) in [5, 5.41) is 20.1. The van der Waals surface area contributed by atoms with Crippen molar-refractivity contribution in [3.63, 3.8) is 0 Å². The van der Waals surface area contributed by atoms with Crippen molar-refractivity contribution in [1.82, 2.24) is 10.2 Å². The third-order valence-corrected chi connectivity index (χ3v) is 2.73.